The lowest BCUT2D eigenvalue weighted by Crippen LogP contribution is -2.30. The van der Waals surface area contributed by atoms with Gasteiger partial charge in [0.15, 0.2) is 6.10 Å². The Morgan fingerprint density at radius 3 is 2.17 bits per heavy atom. The molecule has 2 aromatic rings. The maximum absolute atomic E-state index is 12.5. The van der Waals surface area contributed by atoms with E-state index in [0.29, 0.717) is 10.7 Å². The zero-order chi connectivity index (χ0) is 17.0. The highest BCUT2D eigenvalue weighted by molar-refractivity contribution is 6.30. The van der Waals surface area contributed by atoms with Crippen molar-refractivity contribution >= 4 is 23.2 Å². The van der Waals surface area contributed by atoms with Gasteiger partial charge in [0.05, 0.1) is 5.56 Å². The number of hydrogen-bond donors (Lipinski definition) is 1. The Morgan fingerprint density at radius 1 is 1.09 bits per heavy atom. The predicted molar refractivity (Wildman–Crippen MR) is 81.6 cm³/mol. The molecule has 23 heavy (non-hydrogen) atoms. The second-order valence-corrected chi connectivity index (χ2v) is 5.21. The molecule has 1 N–H and O–H groups in total. The molecule has 0 bridgehead atoms. The standard InChI is InChI=1S/C16H13ClF3NO2/c1-10(15(22)21-13-6-4-12(17)5-7-13)23-14-8-2-11(3-9-14)16(18,19)20/h2-10H,1H3,(H,21,22). The van der Waals surface area contributed by atoms with Crippen molar-refractivity contribution in [2.45, 2.75) is 19.2 Å². The van der Waals surface area contributed by atoms with Crippen LogP contribution >= 0.6 is 11.6 Å². The van der Waals surface area contributed by atoms with Crippen molar-refractivity contribution in [2.24, 2.45) is 0 Å². The summed E-state index contributed by atoms with van der Waals surface area (Å²) in [5.41, 5.74) is -0.231. The summed E-state index contributed by atoms with van der Waals surface area (Å²) in [6.07, 6.45) is -5.28. The van der Waals surface area contributed by atoms with Crippen LogP contribution in [-0.2, 0) is 11.0 Å². The van der Waals surface area contributed by atoms with Crippen molar-refractivity contribution in [3.05, 3.63) is 59.1 Å². The first kappa shape index (κ1) is 17.1. The SMILES string of the molecule is CC(Oc1ccc(C(F)(F)F)cc1)C(=O)Nc1ccc(Cl)cc1. The third-order valence-electron chi connectivity index (χ3n) is 2.98. The van der Waals surface area contributed by atoms with Crippen molar-refractivity contribution < 1.29 is 22.7 Å². The van der Waals surface area contributed by atoms with Crippen molar-refractivity contribution in [3.63, 3.8) is 0 Å². The van der Waals surface area contributed by atoms with Gasteiger partial charge in [-0.05, 0) is 55.5 Å². The lowest BCUT2D eigenvalue weighted by molar-refractivity contribution is -0.137. The average Bonchev–Trinajstić information content (AvgIpc) is 2.49. The van der Waals surface area contributed by atoms with Gasteiger partial charge < -0.3 is 10.1 Å². The van der Waals surface area contributed by atoms with Crippen molar-refractivity contribution in [3.8, 4) is 5.75 Å². The van der Waals surface area contributed by atoms with E-state index in [2.05, 4.69) is 5.32 Å². The lowest BCUT2D eigenvalue weighted by atomic mass is 10.2. The second kappa shape index (κ2) is 6.91. The van der Waals surface area contributed by atoms with Crippen LogP contribution in [0, 0.1) is 0 Å². The molecule has 0 aliphatic rings. The number of nitrogens with one attached hydrogen (secondary N) is 1. The van der Waals surface area contributed by atoms with Crippen LogP contribution in [-0.4, -0.2) is 12.0 Å². The Labute approximate surface area is 136 Å². The summed E-state index contributed by atoms with van der Waals surface area (Å²) in [6.45, 7) is 1.50. The maximum Gasteiger partial charge on any atom is 0.416 e. The van der Waals surface area contributed by atoms with Crippen molar-refractivity contribution in [1.82, 2.24) is 0 Å². The molecule has 0 saturated heterocycles. The molecule has 0 aromatic heterocycles. The van der Waals surface area contributed by atoms with E-state index in [4.69, 9.17) is 16.3 Å². The molecule has 122 valence electrons. The molecule has 0 radical (unpaired) electrons. The summed E-state index contributed by atoms with van der Waals surface area (Å²) in [5, 5.41) is 3.16. The van der Waals surface area contributed by atoms with Gasteiger partial charge >= 0.3 is 6.18 Å². The number of carbonyl (C=O) groups is 1. The van der Waals surface area contributed by atoms with E-state index in [1.54, 1.807) is 24.3 Å². The number of rotatable bonds is 4. The number of halogens is 4. The number of carbonyl (C=O) groups excluding carboxylic acids is 1. The average molecular weight is 344 g/mol. The number of benzene rings is 2. The van der Waals surface area contributed by atoms with Crippen molar-refractivity contribution in [2.75, 3.05) is 5.32 Å². The predicted octanol–water partition coefficient (Wildman–Crippen LogP) is 4.76. The molecule has 1 unspecified atom stereocenters. The minimum atomic E-state index is -4.41. The number of amides is 1. The zero-order valence-corrected chi connectivity index (χ0v) is 12.8. The number of alkyl halides is 3. The molecule has 0 spiro atoms. The van der Waals surface area contributed by atoms with Gasteiger partial charge in [0.25, 0.3) is 5.91 Å². The van der Waals surface area contributed by atoms with Gasteiger partial charge in [-0.3, -0.25) is 4.79 Å². The first-order chi connectivity index (χ1) is 10.8. The first-order valence-corrected chi connectivity index (χ1v) is 7.04. The molecule has 3 nitrogen and oxygen atoms in total. The van der Waals surface area contributed by atoms with E-state index in [0.717, 1.165) is 12.1 Å². The molecule has 0 aliphatic heterocycles. The zero-order valence-electron chi connectivity index (χ0n) is 12.0. The molecule has 1 amide bonds. The lowest BCUT2D eigenvalue weighted by Gasteiger charge is -2.15. The number of hydrogen-bond acceptors (Lipinski definition) is 2. The molecule has 0 aliphatic carbocycles. The highest BCUT2D eigenvalue weighted by Crippen LogP contribution is 2.30. The summed E-state index contributed by atoms with van der Waals surface area (Å²) in [6, 6.07) is 10.7. The second-order valence-electron chi connectivity index (χ2n) is 4.78. The van der Waals surface area contributed by atoms with Crippen LogP contribution in [0.1, 0.15) is 12.5 Å². The van der Waals surface area contributed by atoms with E-state index in [-0.39, 0.29) is 5.75 Å². The fraction of sp³-hybridized carbons (Fsp3) is 0.188. The van der Waals surface area contributed by atoms with Crippen LogP contribution in [0.4, 0.5) is 18.9 Å². The third-order valence-corrected chi connectivity index (χ3v) is 3.23. The normalized spacial score (nSPS) is 12.6. The molecule has 1 atom stereocenters. The highest BCUT2D eigenvalue weighted by atomic mass is 35.5. The van der Waals surface area contributed by atoms with Crippen molar-refractivity contribution in [1.29, 1.82) is 0 Å². The first-order valence-electron chi connectivity index (χ1n) is 6.66. The molecule has 7 heteroatoms. The molecular weight excluding hydrogens is 331 g/mol. The Bertz CT molecular complexity index is 669. The highest BCUT2D eigenvalue weighted by Gasteiger charge is 2.30. The molecular formula is C16H13ClF3NO2. The third kappa shape index (κ3) is 4.89. The largest absolute Gasteiger partial charge is 0.481 e. The van der Waals surface area contributed by atoms with Gasteiger partial charge in [0.1, 0.15) is 5.75 Å². The fourth-order valence-electron chi connectivity index (χ4n) is 1.76. The Hall–Kier alpha value is -2.21. The summed E-state index contributed by atoms with van der Waals surface area (Å²) >= 11 is 5.75. The molecule has 2 rings (SSSR count). The van der Waals surface area contributed by atoms with Gasteiger partial charge in [0, 0.05) is 10.7 Å². The van der Waals surface area contributed by atoms with E-state index in [9.17, 15) is 18.0 Å². The summed E-state index contributed by atoms with van der Waals surface area (Å²) in [7, 11) is 0. The van der Waals surface area contributed by atoms with E-state index in [1.807, 2.05) is 0 Å². The van der Waals surface area contributed by atoms with Crippen LogP contribution in [0.3, 0.4) is 0 Å². The van der Waals surface area contributed by atoms with Crippen LogP contribution in [0.5, 0.6) is 5.75 Å². The van der Waals surface area contributed by atoms with Crippen LogP contribution < -0.4 is 10.1 Å². The quantitative estimate of drug-likeness (QED) is 0.868. The molecule has 2 aromatic carbocycles. The van der Waals surface area contributed by atoms with E-state index in [1.165, 1.54) is 19.1 Å². The van der Waals surface area contributed by atoms with Gasteiger partial charge in [-0.25, -0.2) is 0 Å². The Kier molecular flexibility index (Phi) is 5.15. The fourth-order valence-corrected chi connectivity index (χ4v) is 1.88. The summed E-state index contributed by atoms with van der Waals surface area (Å²) in [4.78, 5) is 12.0. The smallest absolute Gasteiger partial charge is 0.416 e. The molecule has 0 heterocycles. The van der Waals surface area contributed by atoms with Crippen LogP contribution in [0.15, 0.2) is 48.5 Å². The van der Waals surface area contributed by atoms with Gasteiger partial charge in [-0.1, -0.05) is 11.6 Å². The Balaban J connectivity index is 1.96. The summed E-state index contributed by atoms with van der Waals surface area (Å²) < 4.78 is 42.7. The monoisotopic (exact) mass is 343 g/mol. The van der Waals surface area contributed by atoms with Crippen LogP contribution in [0.2, 0.25) is 5.02 Å². The van der Waals surface area contributed by atoms with E-state index < -0.39 is 23.8 Å². The van der Waals surface area contributed by atoms with E-state index >= 15 is 0 Å². The van der Waals surface area contributed by atoms with Gasteiger partial charge in [-0.2, -0.15) is 13.2 Å². The minimum absolute atomic E-state index is 0.178. The minimum Gasteiger partial charge on any atom is -0.481 e. The van der Waals surface area contributed by atoms with Crippen LogP contribution in [0.25, 0.3) is 0 Å². The molecule has 0 saturated carbocycles. The number of anilines is 1. The number of ether oxygens (including phenoxy) is 1. The topological polar surface area (TPSA) is 38.3 Å². The van der Waals surface area contributed by atoms with Gasteiger partial charge in [0.2, 0.25) is 0 Å². The summed E-state index contributed by atoms with van der Waals surface area (Å²) in [5.74, 6) is -0.246. The maximum atomic E-state index is 12.5. The molecule has 0 fully saturated rings. The Morgan fingerprint density at radius 2 is 1.65 bits per heavy atom. The van der Waals surface area contributed by atoms with Gasteiger partial charge in [-0.15, -0.1) is 0 Å².